The summed E-state index contributed by atoms with van der Waals surface area (Å²) in [6, 6.07) is 8.50. The van der Waals surface area contributed by atoms with Crippen molar-refractivity contribution in [1.82, 2.24) is 0 Å². The molecule has 0 bridgehead atoms. The average Bonchev–Trinajstić information content (AvgIpc) is 2.54. The van der Waals surface area contributed by atoms with Crippen molar-refractivity contribution >= 4 is 15.7 Å². The van der Waals surface area contributed by atoms with Gasteiger partial charge in [0.15, 0.2) is 0 Å². The summed E-state index contributed by atoms with van der Waals surface area (Å²) in [5.41, 5.74) is -0.245. The van der Waals surface area contributed by atoms with Gasteiger partial charge < -0.3 is 4.74 Å². The Labute approximate surface area is 140 Å². The molecule has 2 rings (SSSR count). The fourth-order valence-corrected chi connectivity index (χ4v) is 3.57. The molecule has 0 unspecified atom stereocenters. The Morgan fingerprint density at radius 3 is 2.38 bits per heavy atom. The van der Waals surface area contributed by atoms with Crippen LogP contribution in [0.5, 0.6) is 5.75 Å². The summed E-state index contributed by atoms with van der Waals surface area (Å²) in [5, 5.41) is 0. The summed E-state index contributed by atoms with van der Waals surface area (Å²) in [6.07, 6.45) is 1.33. The van der Waals surface area contributed by atoms with Crippen molar-refractivity contribution in [2.24, 2.45) is 0 Å². The largest absolute Gasteiger partial charge is 0.494 e. The minimum Gasteiger partial charge on any atom is -0.494 e. The van der Waals surface area contributed by atoms with Gasteiger partial charge in [-0.25, -0.2) is 17.2 Å². The monoisotopic (exact) mass is 353 g/mol. The van der Waals surface area contributed by atoms with Crippen LogP contribution >= 0.6 is 0 Å². The minimum atomic E-state index is -4.04. The smallest absolute Gasteiger partial charge is 0.264 e. The zero-order valence-corrected chi connectivity index (χ0v) is 13.9. The van der Waals surface area contributed by atoms with Crippen molar-refractivity contribution in [3.8, 4) is 5.75 Å². The number of rotatable bonds is 7. The van der Waals surface area contributed by atoms with E-state index in [1.165, 1.54) is 30.3 Å². The zero-order chi connectivity index (χ0) is 17.7. The van der Waals surface area contributed by atoms with Crippen molar-refractivity contribution < 1.29 is 21.9 Å². The molecule has 0 heterocycles. The first-order valence-electron chi connectivity index (χ1n) is 7.21. The molecule has 0 amide bonds. The van der Waals surface area contributed by atoms with Crippen LogP contribution in [0.1, 0.15) is 6.92 Å². The highest BCUT2D eigenvalue weighted by Gasteiger charge is 2.26. The lowest BCUT2D eigenvalue weighted by molar-refractivity contribution is 0.340. The first-order chi connectivity index (χ1) is 11.4. The molecule has 4 nitrogen and oxygen atoms in total. The maximum Gasteiger partial charge on any atom is 0.264 e. The standard InChI is InChI=1S/C17H17F2NO3S/c1-3-11-20(17-10-5-13(18)12-16(17)19)24(21,22)15-8-6-14(7-9-15)23-4-2/h3,5-10,12H,1,4,11H2,2H3. The summed E-state index contributed by atoms with van der Waals surface area (Å²) >= 11 is 0. The van der Waals surface area contributed by atoms with E-state index in [1.807, 2.05) is 6.92 Å². The van der Waals surface area contributed by atoms with Gasteiger partial charge in [-0.3, -0.25) is 4.31 Å². The van der Waals surface area contributed by atoms with E-state index < -0.39 is 21.7 Å². The van der Waals surface area contributed by atoms with Crippen LogP contribution in [0.3, 0.4) is 0 Å². The van der Waals surface area contributed by atoms with Crippen molar-refractivity contribution in [3.63, 3.8) is 0 Å². The number of anilines is 1. The maximum atomic E-state index is 14.0. The number of ether oxygens (including phenoxy) is 1. The first kappa shape index (κ1) is 17.9. The number of halogens is 2. The van der Waals surface area contributed by atoms with Crippen molar-refractivity contribution in [2.75, 3.05) is 17.5 Å². The SMILES string of the molecule is C=CCN(c1ccc(F)cc1F)S(=O)(=O)c1ccc(OCC)cc1. The van der Waals surface area contributed by atoms with E-state index >= 15 is 0 Å². The van der Waals surface area contributed by atoms with E-state index in [0.717, 1.165) is 16.4 Å². The Balaban J connectivity index is 2.46. The third-order valence-electron chi connectivity index (χ3n) is 3.20. The van der Waals surface area contributed by atoms with Crippen LogP contribution < -0.4 is 9.04 Å². The molecule has 2 aromatic rings. The molecule has 24 heavy (non-hydrogen) atoms. The van der Waals surface area contributed by atoms with Crippen LogP contribution in [0.4, 0.5) is 14.5 Å². The van der Waals surface area contributed by atoms with Gasteiger partial charge in [-0.2, -0.15) is 0 Å². The quantitative estimate of drug-likeness (QED) is 0.713. The topological polar surface area (TPSA) is 46.6 Å². The molecule has 0 aliphatic heterocycles. The van der Waals surface area contributed by atoms with E-state index in [-0.39, 0.29) is 17.1 Å². The molecule has 0 atom stereocenters. The summed E-state index contributed by atoms with van der Waals surface area (Å²) < 4.78 is 58.8. The Morgan fingerprint density at radius 1 is 1.17 bits per heavy atom. The van der Waals surface area contributed by atoms with Crippen molar-refractivity contribution in [1.29, 1.82) is 0 Å². The molecule has 0 fully saturated rings. The summed E-state index contributed by atoms with van der Waals surface area (Å²) in [6.45, 7) is 5.61. The molecule has 2 aromatic carbocycles. The predicted molar refractivity (Wildman–Crippen MR) is 88.7 cm³/mol. The number of sulfonamides is 1. The van der Waals surface area contributed by atoms with Gasteiger partial charge in [0.1, 0.15) is 17.4 Å². The zero-order valence-electron chi connectivity index (χ0n) is 13.1. The lowest BCUT2D eigenvalue weighted by Crippen LogP contribution is -2.32. The van der Waals surface area contributed by atoms with E-state index in [0.29, 0.717) is 18.4 Å². The second-order valence-corrected chi connectivity index (χ2v) is 6.69. The summed E-state index contributed by atoms with van der Waals surface area (Å²) in [5.74, 6) is -1.22. The lowest BCUT2D eigenvalue weighted by Gasteiger charge is -2.23. The molecule has 0 radical (unpaired) electrons. The minimum absolute atomic E-state index is 0.0310. The summed E-state index contributed by atoms with van der Waals surface area (Å²) in [4.78, 5) is -0.0310. The number of hydrogen-bond donors (Lipinski definition) is 0. The van der Waals surface area contributed by atoms with Crippen LogP contribution in [0.2, 0.25) is 0 Å². The van der Waals surface area contributed by atoms with E-state index in [1.54, 1.807) is 0 Å². The molecular formula is C17H17F2NO3S. The van der Waals surface area contributed by atoms with Crippen LogP contribution in [-0.4, -0.2) is 21.6 Å². The van der Waals surface area contributed by atoms with E-state index in [4.69, 9.17) is 4.74 Å². The van der Waals surface area contributed by atoms with E-state index in [9.17, 15) is 17.2 Å². The van der Waals surface area contributed by atoms with E-state index in [2.05, 4.69) is 6.58 Å². The number of benzene rings is 2. The number of hydrogen-bond acceptors (Lipinski definition) is 3. The fraction of sp³-hybridized carbons (Fsp3) is 0.176. The highest BCUT2D eigenvalue weighted by Crippen LogP contribution is 2.27. The molecular weight excluding hydrogens is 336 g/mol. The third-order valence-corrected chi connectivity index (χ3v) is 4.99. The Bertz CT molecular complexity index is 820. The number of nitrogens with zero attached hydrogens (tertiary/aromatic N) is 1. The second-order valence-electron chi connectivity index (χ2n) is 4.82. The van der Waals surface area contributed by atoms with Crippen LogP contribution in [0.15, 0.2) is 60.0 Å². The van der Waals surface area contributed by atoms with Gasteiger partial charge in [-0.15, -0.1) is 6.58 Å². The molecule has 0 saturated heterocycles. The molecule has 0 aliphatic carbocycles. The average molecular weight is 353 g/mol. The first-order valence-corrected chi connectivity index (χ1v) is 8.65. The Kier molecular flexibility index (Phi) is 5.56. The molecule has 0 N–H and O–H groups in total. The molecule has 128 valence electrons. The van der Waals surface area contributed by atoms with Crippen LogP contribution in [0, 0.1) is 11.6 Å². The van der Waals surface area contributed by atoms with Gasteiger partial charge in [0.25, 0.3) is 10.0 Å². The Morgan fingerprint density at radius 2 is 1.83 bits per heavy atom. The van der Waals surface area contributed by atoms with Gasteiger partial charge in [0, 0.05) is 6.07 Å². The van der Waals surface area contributed by atoms with Gasteiger partial charge in [-0.05, 0) is 43.3 Å². The third kappa shape index (κ3) is 3.73. The highest BCUT2D eigenvalue weighted by atomic mass is 32.2. The Hall–Kier alpha value is -2.41. The van der Waals surface area contributed by atoms with Crippen molar-refractivity contribution in [3.05, 3.63) is 66.8 Å². The van der Waals surface area contributed by atoms with Gasteiger partial charge in [-0.1, -0.05) is 6.08 Å². The lowest BCUT2D eigenvalue weighted by atomic mass is 10.3. The van der Waals surface area contributed by atoms with Gasteiger partial charge >= 0.3 is 0 Å². The highest BCUT2D eigenvalue weighted by molar-refractivity contribution is 7.92. The second kappa shape index (κ2) is 7.44. The molecule has 0 spiro atoms. The molecule has 0 saturated carbocycles. The van der Waals surface area contributed by atoms with Crippen molar-refractivity contribution in [2.45, 2.75) is 11.8 Å². The van der Waals surface area contributed by atoms with Gasteiger partial charge in [0.05, 0.1) is 23.7 Å². The molecule has 0 aliphatic rings. The maximum absolute atomic E-state index is 14.0. The molecule has 7 heteroatoms. The molecule has 0 aromatic heterocycles. The summed E-state index contributed by atoms with van der Waals surface area (Å²) in [7, 11) is -4.04. The fourth-order valence-electron chi connectivity index (χ4n) is 2.13. The van der Waals surface area contributed by atoms with Gasteiger partial charge in [0.2, 0.25) is 0 Å². The van der Waals surface area contributed by atoms with Crippen LogP contribution in [0.25, 0.3) is 0 Å². The normalized spacial score (nSPS) is 11.1. The van der Waals surface area contributed by atoms with Crippen LogP contribution in [-0.2, 0) is 10.0 Å². The predicted octanol–water partition coefficient (Wildman–Crippen LogP) is 3.74.